The van der Waals surface area contributed by atoms with Crippen LogP contribution in [0.5, 0.6) is 5.75 Å². The van der Waals surface area contributed by atoms with E-state index in [0.717, 1.165) is 30.6 Å². The average molecular weight is 227 g/mol. The van der Waals surface area contributed by atoms with Crippen molar-refractivity contribution in [3.63, 3.8) is 0 Å². The molecule has 2 aromatic rings. The Kier molecular flexibility index (Phi) is 2.25. The van der Waals surface area contributed by atoms with E-state index in [2.05, 4.69) is 0 Å². The fourth-order valence-corrected chi connectivity index (χ4v) is 2.43. The van der Waals surface area contributed by atoms with E-state index in [1.165, 1.54) is 0 Å². The summed E-state index contributed by atoms with van der Waals surface area (Å²) in [5.74, 6) is 0.0920. The van der Waals surface area contributed by atoms with E-state index in [9.17, 15) is 9.90 Å². The second-order valence-electron chi connectivity index (χ2n) is 4.32. The van der Waals surface area contributed by atoms with Crippen LogP contribution in [-0.2, 0) is 13.0 Å². The fraction of sp³-hybridized carbons (Fsp3) is 0.214. The number of aromatic hydroxyl groups is 1. The Bertz CT molecular complexity index is 614. The lowest BCUT2D eigenvalue weighted by atomic mass is 10.1. The number of pyridine rings is 1. The third-order valence-corrected chi connectivity index (χ3v) is 3.24. The Hall–Kier alpha value is -2.03. The van der Waals surface area contributed by atoms with Crippen LogP contribution in [0.3, 0.4) is 0 Å². The van der Waals surface area contributed by atoms with Crippen LogP contribution < -0.4 is 5.56 Å². The van der Waals surface area contributed by atoms with Crippen molar-refractivity contribution in [1.82, 2.24) is 4.57 Å². The molecule has 3 heteroatoms. The number of rotatable bonds is 1. The van der Waals surface area contributed by atoms with E-state index in [4.69, 9.17) is 0 Å². The van der Waals surface area contributed by atoms with Gasteiger partial charge in [0.25, 0.3) is 5.56 Å². The highest BCUT2D eigenvalue weighted by atomic mass is 16.3. The summed E-state index contributed by atoms with van der Waals surface area (Å²) in [5.41, 5.74) is 2.05. The largest absolute Gasteiger partial charge is 0.507 e. The van der Waals surface area contributed by atoms with Gasteiger partial charge in [-0.25, -0.2) is 0 Å². The molecule has 3 rings (SSSR count). The van der Waals surface area contributed by atoms with Gasteiger partial charge in [0, 0.05) is 18.3 Å². The maximum Gasteiger partial charge on any atom is 0.262 e. The lowest BCUT2D eigenvalue weighted by Gasteiger charge is -2.09. The molecule has 2 heterocycles. The molecular weight excluding hydrogens is 214 g/mol. The zero-order chi connectivity index (χ0) is 11.8. The van der Waals surface area contributed by atoms with Gasteiger partial charge in [0.05, 0.1) is 5.56 Å². The first-order valence-electron chi connectivity index (χ1n) is 5.78. The SMILES string of the molecule is O=c1c(-c2ccccc2)c(O)cc2n1CCC2. The summed E-state index contributed by atoms with van der Waals surface area (Å²) in [6, 6.07) is 11.0. The molecule has 1 aliphatic rings. The van der Waals surface area contributed by atoms with E-state index in [1.54, 1.807) is 10.6 Å². The molecule has 0 atom stereocenters. The van der Waals surface area contributed by atoms with Crippen LogP contribution in [0.15, 0.2) is 41.2 Å². The zero-order valence-electron chi connectivity index (χ0n) is 9.39. The summed E-state index contributed by atoms with van der Waals surface area (Å²) in [6.07, 6.45) is 1.85. The summed E-state index contributed by atoms with van der Waals surface area (Å²) in [4.78, 5) is 12.3. The van der Waals surface area contributed by atoms with Crippen LogP contribution in [-0.4, -0.2) is 9.67 Å². The molecule has 0 saturated heterocycles. The standard InChI is InChI=1S/C14H13NO2/c16-12-9-11-7-4-8-15(11)14(17)13(12)10-5-2-1-3-6-10/h1-3,5-6,9,16H,4,7-8H2. The first-order chi connectivity index (χ1) is 8.27. The third-order valence-electron chi connectivity index (χ3n) is 3.24. The minimum atomic E-state index is -0.0799. The van der Waals surface area contributed by atoms with Gasteiger partial charge < -0.3 is 9.67 Å². The number of hydrogen-bond acceptors (Lipinski definition) is 2. The van der Waals surface area contributed by atoms with Gasteiger partial charge in [0.2, 0.25) is 0 Å². The molecule has 0 aliphatic carbocycles. The molecule has 1 aromatic heterocycles. The second kappa shape index (κ2) is 3.77. The Morgan fingerprint density at radius 3 is 2.71 bits per heavy atom. The average Bonchev–Trinajstić information content (AvgIpc) is 2.78. The molecule has 1 aliphatic heterocycles. The molecule has 3 nitrogen and oxygen atoms in total. The van der Waals surface area contributed by atoms with Crippen molar-refractivity contribution < 1.29 is 5.11 Å². The lowest BCUT2D eigenvalue weighted by Crippen LogP contribution is -2.20. The number of nitrogens with zero attached hydrogens (tertiary/aromatic N) is 1. The predicted octanol–water partition coefficient (Wildman–Crippen LogP) is 2.17. The molecule has 0 bridgehead atoms. The molecule has 1 aromatic carbocycles. The number of hydrogen-bond donors (Lipinski definition) is 1. The van der Waals surface area contributed by atoms with Crippen molar-refractivity contribution in [3.8, 4) is 16.9 Å². The van der Waals surface area contributed by atoms with Crippen LogP contribution in [0.1, 0.15) is 12.1 Å². The van der Waals surface area contributed by atoms with Gasteiger partial charge in [-0.2, -0.15) is 0 Å². The Morgan fingerprint density at radius 2 is 1.94 bits per heavy atom. The highest BCUT2D eigenvalue weighted by molar-refractivity contribution is 5.69. The minimum absolute atomic E-state index is 0.0799. The van der Waals surface area contributed by atoms with Crippen LogP contribution >= 0.6 is 0 Å². The molecule has 1 N–H and O–H groups in total. The van der Waals surface area contributed by atoms with Crippen molar-refractivity contribution in [2.45, 2.75) is 19.4 Å². The minimum Gasteiger partial charge on any atom is -0.507 e. The summed E-state index contributed by atoms with van der Waals surface area (Å²) in [6.45, 7) is 0.758. The number of benzene rings is 1. The van der Waals surface area contributed by atoms with Crippen molar-refractivity contribution in [2.75, 3.05) is 0 Å². The molecule has 17 heavy (non-hydrogen) atoms. The van der Waals surface area contributed by atoms with Gasteiger partial charge in [-0.1, -0.05) is 30.3 Å². The van der Waals surface area contributed by atoms with Gasteiger partial charge in [-0.05, 0) is 18.4 Å². The van der Waals surface area contributed by atoms with Gasteiger partial charge >= 0.3 is 0 Å². The van der Waals surface area contributed by atoms with Crippen molar-refractivity contribution in [1.29, 1.82) is 0 Å². The molecule has 0 saturated carbocycles. The molecule has 0 radical (unpaired) electrons. The third kappa shape index (κ3) is 1.55. The van der Waals surface area contributed by atoms with Gasteiger partial charge in [-0.15, -0.1) is 0 Å². The Balaban J connectivity index is 2.28. The molecule has 0 fully saturated rings. The van der Waals surface area contributed by atoms with Crippen LogP contribution in [0.2, 0.25) is 0 Å². The topological polar surface area (TPSA) is 42.2 Å². The van der Waals surface area contributed by atoms with E-state index < -0.39 is 0 Å². The summed E-state index contributed by atoms with van der Waals surface area (Å²) in [7, 11) is 0. The van der Waals surface area contributed by atoms with E-state index in [1.807, 2.05) is 30.3 Å². The molecule has 86 valence electrons. The highest BCUT2D eigenvalue weighted by Crippen LogP contribution is 2.28. The summed E-state index contributed by atoms with van der Waals surface area (Å²) < 4.78 is 1.77. The predicted molar refractivity (Wildman–Crippen MR) is 66.1 cm³/mol. The normalized spacial score (nSPS) is 13.6. The molecule has 0 unspecified atom stereocenters. The van der Waals surface area contributed by atoms with Gasteiger partial charge in [0.15, 0.2) is 0 Å². The van der Waals surface area contributed by atoms with Gasteiger partial charge in [0.1, 0.15) is 5.75 Å². The van der Waals surface area contributed by atoms with Crippen LogP contribution in [0, 0.1) is 0 Å². The number of aryl methyl sites for hydroxylation is 1. The van der Waals surface area contributed by atoms with Crippen molar-refractivity contribution >= 4 is 0 Å². The summed E-state index contributed by atoms with van der Waals surface area (Å²) in [5, 5.41) is 10.00. The van der Waals surface area contributed by atoms with Gasteiger partial charge in [-0.3, -0.25) is 4.79 Å². The first-order valence-corrected chi connectivity index (χ1v) is 5.78. The monoisotopic (exact) mass is 227 g/mol. The summed E-state index contributed by atoms with van der Waals surface area (Å²) >= 11 is 0. The van der Waals surface area contributed by atoms with E-state index >= 15 is 0 Å². The highest BCUT2D eigenvalue weighted by Gasteiger charge is 2.18. The maximum atomic E-state index is 12.3. The smallest absolute Gasteiger partial charge is 0.262 e. The zero-order valence-corrected chi connectivity index (χ0v) is 9.39. The maximum absolute atomic E-state index is 12.3. The van der Waals surface area contributed by atoms with E-state index in [-0.39, 0.29) is 11.3 Å². The van der Waals surface area contributed by atoms with E-state index in [0.29, 0.717) is 5.56 Å². The number of fused-ring (bicyclic) bond motifs is 1. The second-order valence-corrected chi connectivity index (χ2v) is 4.32. The Labute approximate surface area is 99.0 Å². The molecular formula is C14H13NO2. The lowest BCUT2D eigenvalue weighted by molar-refractivity contribution is 0.473. The quantitative estimate of drug-likeness (QED) is 0.811. The van der Waals surface area contributed by atoms with Crippen LogP contribution in [0.4, 0.5) is 0 Å². The first kappa shape index (κ1) is 10.1. The van der Waals surface area contributed by atoms with Crippen LogP contribution in [0.25, 0.3) is 11.1 Å². The Morgan fingerprint density at radius 1 is 1.18 bits per heavy atom. The fourth-order valence-electron chi connectivity index (χ4n) is 2.43. The number of aromatic nitrogens is 1. The van der Waals surface area contributed by atoms with Crippen molar-refractivity contribution in [2.24, 2.45) is 0 Å². The van der Waals surface area contributed by atoms with Crippen molar-refractivity contribution in [3.05, 3.63) is 52.4 Å². The molecule has 0 spiro atoms. The molecule has 0 amide bonds.